The quantitative estimate of drug-likeness (QED) is 0.102. The molecule has 1 saturated carbocycles. The Kier molecular flexibility index (Phi) is 32.2. The number of carboxylic acid groups (broad SMARTS) is 1. The molecular weight excluding hydrogens is 964 g/mol. The van der Waals surface area contributed by atoms with Gasteiger partial charge in [-0.2, -0.15) is 0 Å². The molecule has 1 aromatic carbocycles. The minimum absolute atomic E-state index is 0. The molecule has 4 bridgehead atoms. The molecule has 3 N–H and O–H groups in total. The number of hydrogen-bond acceptors (Lipinski definition) is 12. The molecule has 0 radical (unpaired) electrons. The summed E-state index contributed by atoms with van der Waals surface area (Å²) in [6, 6.07) is 2.90. The topological polar surface area (TPSA) is 213 Å². The number of aldehydes is 2. The maximum Gasteiger partial charge on any atom is 0.409 e. The van der Waals surface area contributed by atoms with E-state index >= 15 is 0 Å². The molecule has 398 valence electrons. The molecule has 5 rings (SSSR count). The third-order valence-electron chi connectivity index (χ3n) is 12.0. The van der Waals surface area contributed by atoms with E-state index in [2.05, 4.69) is 16.9 Å². The number of amides is 4. The summed E-state index contributed by atoms with van der Waals surface area (Å²) in [6.45, 7) is 11.6. The molecule has 2 saturated heterocycles. The van der Waals surface area contributed by atoms with Crippen molar-refractivity contribution in [2.45, 2.75) is 161 Å². The van der Waals surface area contributed by atoms with Crippen molar-refractivity contribution in [3.63, 3.8) is 0 Å². The second-order valence-electron chi connectivity index (χ2n) is 17.3. The number of methoxy groups -OCH3 is 1. The van der Waals surface area contributed by atoms with Crippen molar-refractivity contribution in [3.8, 4) is 5.75 Å². The molecule has 4 aliphatic rings. The first-order chi connectivity index (χ1) is 32.8. The highest BCUT2D eigenvalue weighted by atomic mass is 35.5. The number of benzene rings is 1. The molecule has 19 heteroatoms. The number of anilines is 1. The third-order valence-corrected chi connectivity index (χ3v) is 13.6. The Morgan fingerprint density at radius 3 is 2.33 bits per heavy atom. The van der Waals surface area contributed by atoms with E-state index in [-0.39, 0.29) is 75.4 Å². The highest BCUT2D eigenvalue weighted by molar-refractivity contribution is 8.00. The Labute approximate surface area is 431 Å². The zero-order valence-corrected chi connectivity index (χ0v) is 44.8. The lowest BCUT2D eigenvalue weighted by atomic mass is 9.89. The number of alkyl halides is 1. The zero-order valence-electron chi connectivity index (χ0n) is 42.5. The zero-order chi connectivity index (χ0) is 52.4. The van der Waals surface area contributed by atoms with Gasteiger partial charge in [-0.1, -0.05) is 82.9 Å². The fraction of sp³-hybridized carbons (Fsp3) is 0.667. The summed E-state index contributed by atoms with van der Waals surface area (Å²) in [5.74, 6) is -0.121. The van der Waals surface area contributed by atoms with Gasteiger partial charge in [-0.3, -0.25) is 19.7 Å². The van der Waals surface area contributed by atoms with Gasteiger partial charge in [0.05, 0.1) is 30.3 Å². The number of ether oxygens (including phenoxy) is 3. The van der Waals surface area contributed by atoms with E-state index in [9.17, 15) is 33.9 Å². The highest BCUT2D eigenvalue weighted by Gasteiger charge is 2.48. The van der Waals surface area contributed by atoms with E-state index in [0.29, 0.717) is 47.5 Å². The molecule has 70 heavy (non-hydrogen) atoms. The molecule has 5 unspecified atom stereocenters. The van der Waals surface area contributed by atoms with Crippen LogP contribution in [0.2, 0.25) is 5.02 Å². The first kappa shape index (κ1) is 65.8. The van der Waals surface area contributed by atoms with Crippen molar-refractivity contribution in [3.05, 3.63) is 46.5 Å². The largest absolute Gasteiger partial charge is 0.495 e. The smallest absolute Gasteiger partial charge is 0.409 e. The normalized spacial score (nSPS) is 24.0. The number of alkyl carbamates (subject to hydrolysis) is 1. The number of carboxylic acids is 1. The Bertz CT molecular complexity index is 1880. The van der Waals surface area contributed by atoms with Gasteiger partial charge < -0.3 is 48.7 Å². The number of aliphatic hydroxyl groups is 1. The predicted molar refractivity (Wildman–Crippen MR) is 280 cm³/mol. The standard InChI is InChI=1S/C26H33ClN2O6.C19H32N2O5S.C2H4O.C2H6.CH3Cl.CH4/c1-15-7-5-6-8-26(32)14-18(34-25(31)28-26)13-21-24(35-21)16(2)10-22(30)29(3)19-11-17(9-15)12-20(33-4)23(19)27;1-14(19(25)26)21(3)17(23)10-12-27-16(9-11-22)18(24)20(2)13-15-7-5-4-6-8-15;1-2-3;2*1-2;/h5-7,11-12,16,18,21,24,32H,8-10,13-14H2,1-4H3,(H,28,31);11,14-16H,4-10,12-13H2,1-3H3,(H,25,26);2H,1H3;1-2H3;1H3;1H4/b6-5+,15-7+;;;;;/t16?,18?,21?,24?,26-;14-,16?;;;;/m10..../s1. The second-order valence-corrected chi connectivity index (χ2v) is 19.0. The lowest BCUT2D eigenvalue weighted by molar-refractivity contribution is -0.148. The molecule has 1 aromatic rings. The minimum atomic E-state index is -1.38. The predicted octanol–water partition coefficient (Wildman–Crippen LogP) is 8.89. The van der Waals surface area contributed by atoms with Gasteiger partial charge in [0, 0.05) is 78.3 Å². The van der Waals surface area contributed by atoms with Crippen LogP contribution < -0.4 is 15.0 Å². The third kappa shape index (κ3) is 22.1. The number of nitrogens with one attached hydrogen (secondary N) is 1. The van der Waals surface area contributed by atoms with Gasteiger partial charge >= 0.3 is 12.1 Å². The van der Waals surface area contributed by atoms with E-state index < -0.39 is 35.2 Å². The average Bonchev–Trinajstić information content (AvgIpc) is 4.10. The molecule has 1 aliphatic carbocycles. The van der Waals surface area contributed by atoms with E-state index in [1.165, 1.54) is 63.2 Å². The lowest BCUT2D eigenvalue weighted by Gasteiger charge is -2.36. The molecular formula is C51H82Cl2N4O12S. The number of nitrogens with zero attached hydrogens (tertiary/aromatic N) is 3. The molecule has 16 nitrogen and oxygen atoms in total. The maximum absolute atomic E-state index is 13.1. The van der Waals surface area contributed by atoms with Crippen LogP contribution in [0.4, 0.5) is 10.5 Å². The summed E-state index contributed by atoms with van der Waals surface area (Å²) in [5.41, 5.74) is 1.24. The first-order valence-electron chi connectivity index (χ1n) is 23.7. The van der Waals surface area contributed by atoms with Crippen molar-refractivity contribution in [2.24, 2.45) is 11.8 Å². The Morgan fingerprint density at radius 2 is 1.74 bits per heavy atom. The minimum Gasteiger partial charge on any atom is -0.495 e. The fourth-order valence-electron chi connectivity index (χ4n) is 8.15. The van der Waals surface area contributed by atoms with E-state index in [1.807, 2.05) is 58.1 Å². The SMILES string of the molecule is C.CC.CC=O.CCl.COc1cc2cc(c1Cl)N(C)C(=O)CC(C)C1OC1CC1C[C@](O)(C/C=C/C=C(\C)C2)NC(=O)O1.C[C@@H](C(=O)O)N(C)C(=O)CCSC(CC=O)C(=O)N(C)CC1CCCCC1. The van der Waals surface area contributed by atoms with Crippen LogP contribution in [-0.2, 0) is 44.7 Å². The number of likely N-dealkylation sites (N-methyl/N-ethyl adjacent to an activating group) is 1. The number of rotatable bonds is 12. The van der Waals surface area contributed by atoms with Crippen LogP contribution in [0, 0.1) is 11.8 Å². The van der Waals surface area contributed by atoms with Crippen molar-refractivity contribution >= 4 is 83.0 Å². The van der Waals surface area contributed by atoms with Crippen LogP contribution in [0.3, 0.4) is 0 Å². The van der Waals surface area contributed by atoms with Gasteiger partial charge in [0.15, 0.2) is 0 Å². The molecule has 3 heterocycles. The first-order valence-corrected chi connectivity index (χ1v) is 25.8. The van der Waals surface area contributed by atoms with Gasteiger partial charge in [-0.05, 0) is 69.6 Å². The van der Waals surface area contributed by atoms with Crippen molar-refractivity contribution in [1.82, 2.24) is 15.1 Å². The Balaban J connectivity index is 0.00000122. The summed E-state index contributed by atoms with van der Waals surface area (Å²) < 4.78 is 16.7. The highest BCUT2D eigenvalue weighted by Crippen LogP contribution is 2.40. The second kappa shape index (κ2) is 34.2. The molecule has 7 atom stereocenters. The number of hydrogen-bond donors (Lipinski definition) is 3. The summed E-state index contributed by atoms with van der Waals surface area (Å²) in [6.07, 6.45) is 15.4. The average molecular weight is 1050 g/mol. The van der Waals surface area contributed by atoms with Crippen LogP contribution in [0.5, 0.6) is 5.75 Å². The molecule has 3 fully saturated rings. The van der Waals surface area contributed by atoms with E-state index in [0.717, 1.165) is 36.6 Å². The van der Waals surface area contributed by atoms with Gasteiger partial charge in [0.25, 0.3) is 0 Å². The summed E-state index contributed by atoms with van der Waals surface area (Å²) in [7, 11) is 6.51. The van der Waals surface area contributed by atoms with Crippen LogP contribution in [-0.4, -0.2) is 145 Å². The van der Waals surface area contributed by atoms with Crippen molar-refractivity contribution in [2.75, 3.05) is 51.8 Å². The van der Waals surface area contributed by atoms with E-state index in [1.54, 1.807) is 31.0 Å². The number of carbonyl (C=O) groups is 7. The Morgan fingerprint density at radius 1 is 1.11 bits per heavy atom. The summed E-state index contributed by atoms with van der Waals surface area (Å²) in [4.78, 5) is 85.2. The number of epoxide rings is 1. The molecule has 3 aliphatic heterocycles. The molecule has 0 spiro atoms. The number of carbonyl (C=O) groups excluding carboxylic acids is 6. The number of aliphatic carboxylic acids is 1. The summed E-state index contributed by atoms with van der Waals surface area (Å²) >= 11 is 12.5. The Hall–Kier alpha value is -4.16. The van der Waals surface area contributed by atoms with Crippen molar-refractivity contribution in [1.29, 1.82) is 0 Å². The maximum atomic E-state index is 13.1. The number of thioether (sulfide) groups is 1. The van der Waals surface area contributed by atoms with Crippen LogP contribution in [0.25, 0.3) is 0 Å². The lowest BCUT2D eigenvalue weighted by Crippen LogP contribution is -2.56. The van der Waals surface area contributed by atoms with Gasteiger partial charge in [-0.25, -0.2) is 9.59 Å². The van der Waals surface area contributed by atoms with Crippen LogP contribution in [0.15, 0.2) is 35.9 Å². The number of allylic oxidation sites excluding steroid dienone is 3. The van der Waals surface area contributed by atoms with Crippen LogP contribution in [0.1, 0.15) is 125 Å². The van der Waals surface area contributed by atoms with Gasteiger partial charge in [-0.15, -0.1) is 23.4 Å². The fourth-order valence-corrected chi connectivity index (χ4v) is 9.58. The molecule has 0 aromatic heterocycles. The monoisotopic (exact) mass is 1040 g/mol. The summed E-state index contributed by atoms with van der Waals surface area (Å²) in [5, 5.41) is 22.4. The molecule has 4 amide bonds. The van der Waals surface area contributed by atoms with Gasteiger partial charge in [0.1, 0.15) is 41.2 Å². The van der Waals surface area contributed by atoms with Crippen molar-refractivity contribution < 1.29 is 58.0 Å². The number of fused-ring (bicyclic) bond motifs is 5. The number of halogens is 2. The van der Waals surface area contributed by atoms with Crippen LogP contribution >= 0.6 is 35.0 Å². The van der Waals surface area contributed by atoms with E-state index in [4.69, 9.17) is 35.7 Å². The van der Waals surface area contributed by atoms with Gasteiger partial charge in [0.2, 0.25) is 17.7 Å².